The maximum atomic E-state index is 11.2. The number of carbonyl (C=O) groups is 1. The van der Waals surface area contributed by atoms with Gasteiger partial charge in [0.05, 0.1) is 11.1 Å². The van der Waals surface area contributed by atoms with Crippen molar-refractivity contribution in [1.29, 1.82) is 0 Å². The molecular formula is C11H16BrN3OS. The van der Waals surface area contributed by atoms with Crippen molar-refractivity contribution < 1.29 is 4.79 Å². The zero-order valence-electron chi connectivity index (χ0n) is 9.65. The largest absolute Gasteiger partial charge is 0.368 e. The molecule has 0 bridgehead atoms. The Kier molecular flexibility index (Phi) is 6.54. The Morgan fingerprint density at radius 3 is 2.94 bits per heavy atom. The first-order valence-corrected chi connectivity index (χ1v) is 7.18. The molecule has 1 atom stereocenters. The van der Waals surface area contributed by atoms with Crippen molar-refractivity contribution in [2.24, 2.45) is 5.73 Å². The van der Waals surface area contributed by atoms with Gasteiger partial charge in [-0.25, -0.2) is 4.98 Å². The van der Waals surface area contributed by atoms with Crippen LogP contribution in [0, 0.1) is 0 Å². The topological polar surface area (TPSA) is 68.0 Å². The molecule has 3 N–H and O–H groups in total. The van der Waals surface area contributed by atoms with E-state index < -0.39 is 0 Å². The summed E-state index contributed by atoms with van der Waals surface area (Å²) in [5.41, 5.74) is 5.32. The molecule has 6 heteroatoms. The van der Waals surface area contributed by atoms with Crippen LogP contribution in [-0.4, -0.2) is 29.2 Å². The predicted octanol–water partition coefficient (Wildman–Crippen LogP) is 1.79. The van der Waals surface area contributed by atoms with Crippen molar-refractivity contribution in [3.8, 4) is 0 Å². The second-order valence-corrected chi connectivity index (χ2v) is 5.49. The molecule has 0 aliphatic carbocycles. The van der Waals surface area contributed by atoms with Crippen LogP contribution in [0.3, 0.4) is 0 Å². The summed E-state index contributed by atoms with van der Waals surface area (Å²) in [6, 6.07) is 3.53. The molecule has 0 saturated heterocycles. The zero-order chi connectivity index (χ0) is 12.7. The van der Waals surface area contributed by atoms with Crippen LogP contribution in [0.4, 0.5) is 0 Å². The summed E-state index contributed by atoms with van der Waals surface area (Å²) in [6.45, 7) is 2.84. The Morgan fingerprint density at radius 2 is 2.41 bits per heavy atom. The zero-order valence-corrected chi connectivity index (χ0v) is 12.1. The van der Waals surface area contributed by atoms with Gasteiger partial charge in [0, 0.05) is 16.4 Å². The number of amides is 1. The number of hydrogen-bond acceptors (Lipinski definition) is 4. The molecule has 0 aliphatic rings. The molecule has 1 rings (SSSR count). The first-order chi connectivity index (χ1) is 8.13. The van der Waals surface area contributed by atoms with Crippen molar-refractivity contribution in [2.75, 3.05) is 12.3 Å². The van der Waals surface area contributed by atoms with E-state index >= 15 is 0 Å². The van der Waals surface area contributed by atoms with Crippen LogP contribution in [0.25, 0.3) is 0 Å². The Bertz CT molecular complexity index is 358. The highest BCUT2D eigenvalue weighted by molar-refractivity contribution is 9.10. The minimum Gasteiger partial charge on any atom is -0.368 e. The number of nitrogens with zero attached hydrogens (tertiary/aromatic N) is 1. The van der Waals surface area contributed by atoms with E-state index in [4.69, 9.17) is 5.73 Å². The Balaban J connectivity index is 2.45. The lowest BCUT2D eigenvalue weighted by Gasteiger charge is -2.13. The molecule has 0 fully saturated rings. The molecule has 0 spiro atoms. The van der Waals surface area contributed by atoms with Gasteiger partial charge in [-0.05, 0) is 41.0 Å². The fourth-order valence-corrected chi connectivity index (χ4v) is 2.32. The van der Waals surface area contributed by atoms with Crippen molar-refractivity contribution in [1.82, 2.24) is 10.3 Å². The first kappa shape index (κ1) is 14.5. The summed E-state index contributed by atoms with van der Waals surface area (Å²) < 4.78 is 0.942. The molecule has 0 aliphatic heterocycles. The monoisotopic (exact) mass is 317 g/mol. The molecule has 1 unspecified atom stereocenters. The SMILES string of the molecule is CCCNC(CSc1ccc(Br)cn1)C(N)=O. The van der Waals surface area contributed by atoms with Gasteiger partial charge in [0.1, 0.15) is 0 Å². The smallest absolute Gasteiger partial charge is 0.235 e. The molecule has 17 heavy (non-hydrogen) atoms. The maximum absolute atomic E-state index is 11.2. The van der Waals surface area contributed by atoms with Gasteiger partial charge in [0.15, 0.2) is 0 Å². The number of primary amides is 1. The Labute approximate surface area is 114 Å². The Morgan fingerprint density at radius 1 is 1.65 bits per heavy atom. The van der Waals surface area contributed by atoms with E-state index in [-0.39, 0.29) is 11.9 Å². The van der Waals surface area contributed by atoms with E-state index in [1.807, 2.05) is 12.1 Å². The van der Waals surface area contributed by atoms with Gasteiger partial charge in [0.2, 0.25) is 5.91 Å². The fourth-order valence-electron chi connectivity index (χ4n) is 1.18. The van der Waals surface area contributed by atoms with Crippen LogP contribution in [0.1, 0.15) is 13.3 Å². The summed E-state index contributed by atoms with van der Waals surface area (Å²) in [6.07, 6.45) is 2.71. The minimum atomic E-state index is -0.317. The minimum absolute atomic E-state index is 0.301. The van der Waals surface area contributed by atoms with E-state index in [1.54, 1.807) is 6.20 Å². The Hall–Kier alpha value is -0.590. The number of rotatable bonds is 7. The number of carbonyl (C=O) groups excluding carboxylic acids is 1. The number of halogens is 1. The van der Waals surface area contributed by atoms with Gasteiger partial charge < -0.3 is 11.1 Å². The number of hydrogen-bond donors (Lipinski definition) is 2. The third-order valence-electron chi connectivity index (χ3n) is 2.08. The summed E-state index contributed by atoms with van der Waals surface area (Å²) >= 11 is 4.85. The average molecular weight is 318 g/mol. The highest BCUT2D eigenvalue weighted by Gasteiger charge is 2.14. The van der Waals surface area contributed by atoms with Crippen LogP contribution in [-0.2, 0) is 4.79 Å². The van der Waals surface area contributed by atoms with Crippen LogP contribution < -0.4 is 11.1 Å². The highest BCUT2D eigenvalue weighted by Crippen LogP contribution is 2.18. The molecule has 1 amide bonds. The van der Waals surface area contributed by atoms with Crippen LogP contribution in [0.15, 0.2) is 27.8 Å². The van der Waals surface area contributed by atoms with Crippen molar-refractivity contribution in [3.63, 3.8) is 0 Å². The summed E-state index contributed by atoms with van der Waals surface area (Å²) in [5.74, 6) is 0.285. The normalized spacial score (nSPS) is 12.4. The molecule has 1 aromatic heterocycles. The second kappa shape index (κ2) is 7.68. The standard InChI is InChI=1S/C11H16BrN3OS/c1-2-5-14-9(11(13)16)7-17-10-4-3-8(12)6-15-10/h3-4,6,9,14H,2,5,7H2,1H3,(H2,13,16). The van der Waals surface area contributed by atoms with Crippen molar-refractivity contribution >= 4 is 33.6 Å². The number of nitrogens with two attached hydrogens (primary N) is 1. The number of pyridine rings is 1. The molecule has 1 heterocycles. The van der Waals surface area contributed by atoms with E-state index in [0.29, 0.717) is 5.75 Å². The van der Waals surface area contributed by atoms with Gasteiger partial charge in [-0.3, -0.25) is 4.79 Å². The highest BCUT2D eigenvalue weighted by atomic mass is 79.9. The lowest BCUT2D eigenvalue weighted by molar-refractivity contribution is -0.119. The van der Waals surface area contributed by atoms with Gasteiger partial charge in [-0.15, -0.1) is 11.8 Å². The summed E-state index contributed by atoms with van der Waals surface area (Å²) in [4.78, 5) is 15.4. The fraction of sp³-hybridized carbons (Fsp3) is 0.455. The lowest BCUT2D eigenvalue weighted by atomic mass is 10.3. The van der Waals surface area contributed by atoms with Crippen molar-refractivity contribution in [3.05, 3.63) is 22.8 Å². The molecule has 0 saturated carbocycles. The molecule has 0 radical (unpaired) electrons. The summed E-state index contributed by atoms with van der Waals surface area (Å²) in [7, 11) is 0. The van der Waals surface area contributed by atoms with Gasteiger partial charge >= 0.3 is 0 Å². The average Bonchev–Trinajstić information content (AvgIpc) is 2.31. The third kappa shape index (κ3) is 5.52. The predicted molar refractivity (Wildman–Crippen MR) is 73.9 cm³/mol. The molecular weight excluding hydrogens is 302 g/mol. The van der Waals surface area contributed by atoms with E-state index in [9.17, 15) is 4.79 Å². The van der Waals surface area contributed by atoms with Crippen LogP contribution in [0.5, 0.6) is 0 Å². The third-order valence-corrected chi connectivity index (χ3v) is 3.59. The van der Waals surface area contributed by atoms with Gasteiger partial charge in [-0.2, -0.15) is 0 Å². The van der Waals surface area contributed by atoms with Crippen molar-refractivity contribution in [2.45, 2.75) is 24.4 Å². The quantitative estimate of drug-likeness (QED) is 0.752. The maximum Gasteiger partial charge on any atom is 0.235 e. The van der Waals surface area contributed by atoms with Crippen LogP contribution >= 0.6 is 27.7 Å². The molecule has 1 aromatic rings. The van der Waals surface area contributed by atoms with E-state index in [1.165, 1.54) is 11.8 Å². The van der Waals surface area contributed by atoms with Gasteiger partial charge in [-0.1, -0.05) is 6.92 Å². The molecule has 4 nitrogen and oxygen atoms in total. The lowest BCUT2D eigenvalue weighted by Crippen LogP contribution is -2.43. The summed E-state index contributed by atoms with van der Waals surface area (Å²) in [5, 5.41) is 4.00. The number of aromatic nitrogens is 1. The number of thioether (sulfide) groups is 1. The first-order valence-electron chi connectivity index (χ1n) is 5.40. The number of nitrogens with one attached hydrogen (secondary N) is 1. The van der Waals surface area contributed by atoms with E-state index in [0.717, 1.165) is 22.5 Å². The second-order valence-electron chi connectivity index (χ2n) is 3.53. The molecule has 94 valence electrons. The molecule has 0 aromatic carbocycles. The van der Waals surface area contributed by atoms with Crippen LogP contribution in [0.2, 0.25) is 0 Å². The van der Waals surface area contributed by atoms with E-state index in [2.05, 4.69) is 33.2 Å². The van der Waals surface area contributed by atoms with Gasteiger partial charge in [0.25, 0.3) is 0 Å².